The van der Waals surface area contributed by atoms with Crippen LogP contribution in [-0.4, -0.2) is 32.4 Å². The number of aryl methyl sites for hydroxylation is 1. The molecule has 0 aliphatic rings. The summed E-state index contributed by atoms with van der Waals surface area (Å²) < 4.78 is 7.07. The lowest BCUT2D eigenvalue weighted by Gasteiger charge is -2.29. The summed E-state index contributed by atoms with van der Waals surface area (Å²) in [5, 5.41) is 8.17. The van der Waals surface area contributed by atoms with Gasteiger partial charge in [0, 0.05) is 24.9 Å². The van der Waals surface area contributed by atoms with Crippen molar-refractivity contribution in [2.45, 2.75) is 25.9 Å². The Labute approximate surface area is 113 Å². The van der Waals surface area contributed by atoms with E-state index >= 15 is 0 Å². The van der Waals surface area contributed by atoms with E-state index in [9.17, 15) is 0 Å². The molecule has 2 aromatic heterocycles. The van der Waals surface area contributed by atoms with Gasteiger partial charge in [-0.15, -0.1) is 6.42 Å². The van der Waals surface area contributed by atoms with Gasteiger partial charge < -0.3 is 4.52 Å². The molecule has 5 heteroatoms. The third-order valence-corrected chi connectivity index (χ3v) is 3.26. The molecular formula is C14H18N4O. The van der Waals surface area contributed by atoms with E-state index in [-0.39, 0.29) is 5.54 Å². The molecule has 0 spiro atoms. The fraction of sp³-hybridized carbons (Fsp3) is 0.429. The Kier molecular flexibility index (Phi) is 3.45. The van der Waals surface area contributed by atoms with Crippen LogP contribution in [0.4, 0.5) is 0 Å². The molecule has 0 saturated carbocycles. The molecule has 2 aromatic rings. The van der Waals surface area contributed by atoms with E-state index in [1.165, 1.54) is 0 Å². The molecule has 0 bridgehead atoms. The summed E-state index contributed by atoms with van der Waals surface area (Å²) in [5.41, 5.74) is 1.41. The van der Waals surface area contributed by atoms with Crippen LogP contribution < -0.4 is 0 Å². The first-order valence-electron chi connectivity index (χ1n) is 6.06. The van der Waals surface area contributed by atoms with E-state index in [4.69, 9.17) is 10.9 Å². The topological polar surface area (TPSA) is 47.1 Å². The van der Waals surface area contributed by atoms with Gasteiger partial charge in [-0.25, -0.2) is 0 Å². The fourth-order valence-electron chi connectivity index (χ4n) is 1.62. The predicted octanol–water partition coefficient (Wildman–Crippen LogP) is 1.92. The highest BCUT2D eigenvalue weighted by Crippen LogP contribution is 2.20. The van der Waals surface area contributed by atoms with Crippen molar-refractivity contribution in [3.63, 3.8) is 0 Å². The molecule has 5 nitrogen and oxygen atoms in total. The van der Waals surface area contributed by atoms with Crippen LogP contribution in [0, 0.1) is 12.3 Å². The number of nitrogens with zero attached hydrogens (tertiary/aromatic N) is 4. The maximum absolute atomic E-state index is 5.51. The molecule has 0 unspecified atom stereocenters. The van der Waals surface area contributed by atoms with E-state index < -0.39 is 0 Å². The standard InChI is InChI=1S/C14H18N4O/c1-6-14(2,3)17(4)10-12-7-13(16-19-12)11-8-15-18(5)9-11/h1,7-9H,10H2,2-5H3. The molecule has 0 aliphatic heterocycles. The first-order chi connectivity index (χ1) is 8.92. The molecule has 0 fully saturated rings. The third kappa shape index (κ3) is 2.85. The largest absolute Gasteiger partial charge is 0.359 e. The second-order valence-electron chi connectivity index (χ2n) is 5.14. The second-order valence-corrected chi connectivity index (χ2v) is 5.14. The molecule has 19 heavy (non-hydrogen) atoms. The van der Waals surface area contributed by atoms with Crippen LogP contribution in [-0.2, 0) is 13.6 Å². The molecule has 100 valence electrons. The van der Waals surface area contributed by atoms with Crippen LogP contribution >= 0.6 is 0 Å². The van der Waals surface area contributed by atoms with Gasteiger partial charge in [0.1, 0.15) is 5.69 Å². The zero-order valence-corrected chi connectivity index (χ0v) is 11.7. The Balaban J connectivity index is 2.12. The van der Waals surface area contributed by atoms with Crippen LogP contribution in [0.2, 0.25) is 0 Å². The maximum Gasteiger partial charge on any atom is 0.151 e. The molecular weight excluding hydrogens is 240 g/mol. The van der Waals surface area contributed by atoms with Crippen molar-refractivity contribution >= 4 is 0 Å². The van der Waals surface area contributed by atoms with Gasteiger partial charge in [0.2, 0.25) is 0 Å². The molecule has 0 atom stereocenters. The smallest absolute Gasteiger partial charge is 0.151 e. The molecule has 0 amide bonds. The highest BCUT2D eigenvalue weighted by Gasteiger charge is 2.22. The molecule has 2 rings (SSSR count). The van der Waals surface area contributed by atoms with Gasteiger partial charge in [-0.2, -0.15) is 5.10 Å². The summed E-state index contributed by atoms with van der Waals surface area (Å²) in [6, 6.07) is 1.92. The van der Waals surface area contributed by atoms with Crippen LogP contribution in [0.15, 0.2) is 23.0 Å². The summed E-state index contributed by atoms with van der Waals surface area (Å²) in [5.74, 6) is 3.54. The van der Waals surface area contributed by atoms with Gasteiger partial charge >= 0.3 is 0 Å². The van der Waals surface area contributed by atoms with Gasteiger partial charge in [-0.1, -0.05) is 11.1 Å². The normalized spacial score (nSPS) is 11.8. The Hall–Kier alpha value is -2.06. The Morgan fingerprint density at radius 1 is 1.53 bits per heavy atom. The Morgan fingerprint density at radius 2 is 2.26 bits per heavy atom. The van der Waals surface area contributed by atoms with E-state index in [0.717, 1.165) is 17.0 Å². The summed E-state index contributed by atoms with van der Waals surface area (Å²) >= 11 is 0. The fourth-order valence-corrected chi connectivity index (χ4v) is 1.62. The number of rotatable bonds is 4. The molecule has 0 saturated heterocycles. The maximum atomic E-state index is 5.51. The minimum absolute atomic E-state index is 0.318. The third-order valence-electron chi connectivity index (χ3n) is 3.26. The highest BCUT2D eigenvalue weighted by atomic mass is 16.5. The zero-order valence-electron chi connectivity index (χ0n) is 11.7. The quantitative estimate of drug-likeness (QED) is 0.786. The van der Waals surface area contributed by atoms with E-state index in [1.54, 1.807) is 10.9 Å². The van der Waals surface area contributed by atoms with Crippen molar-refractivity contribution in [2.24, 2.45) is 7.05 Å². The molecule has 2 heterocycles. The lowest BCUT2D eigenvalue weighted by molar-refractivity contribution is 0.183. The van der Waals surface area contributed by atoms with Crippen molar-refractivity contribution in [3.8, 4) is 23.6 Å². The number of hydrogen-bond donors (Lipinski definition) is 0. The second kappa shape index (κ2) is 4.90. The van der Waals surface area contributed by atoms with Gasteiger partial charge in [0.25, 0.3) is 0 Å². The molecule has 0 N–H and O–H groups in total. The van der Waals surface area contributed by atoms with Crippen LogP contribution in [0.3, 0.4) is 0 Å². The molecule has 0 aliphatic carbocycles. The first kappa shape index (κ1) is 13.4. The van der Waals surface area contributed by atoms with E-state index in [0.29, 0.717) is 6.54 Å². The summed E-state index contributed by atoms with van der Waals surface area (Å²) in [7, 11) is 3.83. The van der Waals surface area contributed by atoms with Crippen LogP contribution in [0.25, 0.3) is 11.3 Å². The SMILES string of the molecule is C#CC(C)(C)N(C)Cc1cc(-c2cnn(C)c2)no1. The van der Waals surface area contributed by atoms with E-state index in [1.807, 2.05) is 45.1 Å². The lowest BCUT2D eigenvalue weighted by atomic mass is 10.1. The van der Waals surface area contributed by atoms with Crippen LogP contribution in [0.5, 0.6) is 0 Å². The van der Waals surface area contributed by atoms with E-state index in [2.05, 4.69) is 16.2 Å². The summed E-state index contributed by atoms with van der Waals surface area (Å²) in [6.45, 7) is 4.60. The minimum Gasteiger partial charge on any atom is -0.359 e. The van der Waals surface area contributed by atoms with Gasteiger partial charge in [0.15, 0.2) is 5.76 Å². The molecule has 0 aromatic carbocycles. The Bertz CT molecular complexity index is 603. The monoisotopic (exact) mass is 258 g/mol. The van der Waals surface area contributed by atoms with Crippen molar-refractivity contribution in [3.05, 3.63) is 24.2 Å². The van der Waals surface area contributed by atoms with Crippen LogP contribution in [0.1, 0.15) is 19.6 Å². The molecule has 0 radical (unpaired) electrons. The number of hydrogen-bond acceptors (Lipinski definition) is 4. The van der Waals surface area contributed by atoms with Crippen molar-refractivity contribution in [2.75, 3.05) is 7.05 Å². The van der Waals surface area contributed by atoms with Gasteiger partial charge in [0.05, 0.1) is 18.3 Å². The summed E-state index contributed by atoms with van der Waals surface area (Å²) in [6.07, 6.45) is 9.17. The van der Waals surface area contributed by atoms with Crippen molar-refractivity contribution in [1.82, 2.24) is 19.8 Å². The average molecular weight is 258 g/mol. The van der Waals surface area contributed by atoms with Gasteiger partial charge in [-0.05, 0) is 20.9 Å². The average Bonchev–Trinajstić information content (AvgIpc) is 2.98. The number of aromatic nitrogens is 3. The zero-order chi connectivity index (χ0) is 14.0. The predicted molar refractivity (Wildman–Crippen MR) is 73.1 cm³/mol. The van der Waals surface area contributed by atoms with Crippen molar-refractivity contribution in [1.29, 1.82) is 0 Å². The van der Waals surface area contributed by atoms with Crippen molar-refractivity contribution < 1.29 is 4.52 Å². The van der Waals surface area contributed by atoms with Gasteiger partial charge in [-0.3, -0.25) is 9.58 Å². The summed E-state index contributed by atoms with van der Waals surface area (Å²) in [4.78, 5) is 2.04. The first-order valence-corrected chi connectivity index (χ1v) is 6.06. The highest BCUT2D eigenvalue weighted by molar-refractivity contribution is 5.56. The minimum atomic E-state index is -0.318. The Morgan fingerprint density at radius 3 is 2.84 bits per heavy atom. The number of terminal acetylenes is 1. The lowest BCUT2D eigenvalue weighted by Crippen LogP contribution is -2.38.